The zero-order chi connectivity index (χ0) is 29.0. The van der Waals surface area contributed by atoms with Crippen molar-refractivity contribution in [2.24, 2.45) is 0 Å². The number of halogens is 4. The predicted molar refractivity (Wildman–Crippen MR) is 162 cm³/mol. The molecule has 42 heavy (non-hydrogen) atoms. The largest absolute Gasteiger partial charge is 0.737 e. The van der Waals surface area contributed by atoms with Gasteiger partial charge in [0.25, 0.3) is 0 Å². The first-order valence-electron chi connectivity index (χ1n) is 14.2. The second kappa shape index (κ2) is 7.24. The molecule has 4 nitrogen and oxygen atoms in total. The molecule has 10 heteroatoms. The summed E-state index contributed by atoms with van der Waals surface area (Å²) in [5, 5.41) is 3.13. The predicted octanol–water partition coefficient (Wildman–Crippen LogP) is 7.35. The lowest BCUT2D eigenvalue weighted by Crippen LogP contribution is -2.50. The molecule has 0 bridgehead atoms. The molecule has 4 aliphatic rings. The van der Waals surface area contributed by atoms with Gasteiger partial charge < -0.3 is 35.2 Å². The normalized spacial score (nSPS) is 19.0. The summed E-state index contributed by atoms with van der Waals surface area (Å²) in [4.78, 5) is 0. The number of aromatic nitrogens is 2. The summed E-state index contributed by atoms with van der Waals surface area (Å²) >= 11 is 0. The fraction of sp³-hybridized carbons (Fsp3) is 0.125. The van der Waals surface area contributed by atoms with Crippen LogP contribution in [0, 0.1) is 13.8 Å². The molecule has 0 radical (unpaired) electrons. The molecule has 0 unspecified atom stereocenters. The van der Waals surface area contributed by atoms with Gasteiger partial charge in [0.15, 0.2) is 11.4 Å². The number of aryl methyl sites for hydroxylation is 2. The third kappa shape index (κ3) is 2.50. The molecule has 0 N–H and O–H groups in total. The molecule has 0 atom stereocenters. The summed E-state index contributed by atoms with van der Waals surface area (Å²) in [7, 11) is 0. The van der Waals surface area contributed by atoms with Gasteiger partial charge in [-0.2, -0.15) is 0 Å². The first-order valence-corrected chi connectivity index (χ1v) is 14.2. The van der Waals surface area contributed by atoms with E-state index >= 15 is 17.3 Å². The van der Waals surface area contributed by atoms with Crippen LogP contribution in [0.15, 0.2) is 60.7 Å². The first-order chi connectivity index (χ1) is 20.0. The van der Waals surface area contributed by atoms with E-state index in [1.807, 2.05) is 72.8 Å². The Balaban J connectivity index is 1.33. The summed E-state index contributed by atoms with van der Waals surface area (Å²) in [5.41, 5.74) is 6.19. The van der Waals surface area contributed by atoms with E-state index in [-0.39, 0.29) is 0 Å². The van der Waals surface area contributed by atoms with Crippen LogP contribution in [-0.4, -0.2) is 43.3 Å². The minimum Gasteiger partial charge on any atom is -0.393 e. The fourth-order valence-corrected chi connectivity index (χ4v) is 8.11. The number of hydrogen-bond donors (Lipinski definition) is 0. The van der Waals surface area contributed by atoms with Crippen LogP contribution < -0.4 is 0 Å². The molecule has 6 heterocycles. The van der Waals surface area contributed by atoms with Gasteiger partial charge in [0.05, 0.1) is 22.3 Å². The van der Waals surface area contributed by atoms with Gasteiger partial charge in [0, 0.05) is 48.2 Å². The van der Waals surface area contributed by atoms with Crippen LogP contribution >= 0.6 is 0 Å². The molecule has 2 aromatic heterocycles. The van der Waals surface area contributed by atoms with Crippen LogP contribution in [0.5, 0.6) is 0 Å². The molecule has 5 aromatic rings. The van der Waals surface area contributed by atoms with Crippen LogP contribution in [-0.2, 0) is 0 Å². The van der Waals surface area contributed by atoms with Crippen molar-refractivity contribution in [3.05, 3.63) is 106 Å². The van der Waals surface area contributed by atoms with Gasteiger partial charge in [0.2, 0.25) is 0 Å². The van der Waals surface area contributed by atoms with Gasteiger partial charge >= 0.3 is 13.9 Å². The summed E-state index contributed by atoms with van der Waals surface area (Å²) in [6.45, 7) is -1.51. The summed E-state index contributed by atoms with van der Waals surface area (Å²) in [6, 6.07) is 18.6. The molecule has 0 saturated heterocycles. The van der Waals surface area contributed by atoms with Crippen molar-refractivity contribution in [3.8, 4) is 0 Å². The van der Waals surface area contributed by atoms with E-state index < -0.39 is 13.9 Å². The fourth-order valence-electron chi connectivity index (χ4n) is 8.11. The quantitative estimate of drug-likeness (QED) is 0.139. The van der Waals surface area contributed by atoms with Crippen molar-refractivity contribution >= 4 is 70.5 Å². The highest BCUT2D eigenvalue weighted by atomic mass is 19.3. The van der Waals surface area contributed by atoms with Gasteiger partial charge in [0.1, 0.15) is 11.4 Å². The Hall–Kier alpha value is -4.59. The van der Waals surface area contributed by atoms with Gasteiger partial charge in [-0.05, 0) is 48.1 Å². The zero-order valence-electron chi connectivity index (χ0n) is 23.4. The van der Waals surface area contributed by atoms with Gasteiger partial charge in [-0.3, -0.25) is 0 Å². The smallest absolute Gasteiger partial charge is 0.393 e. The van der Waals surface area contributed by atoms with E-state index in [1.165, 1.54) is 8.96 Å². The van der Waals surface area contributed by atoms with E-state index in [1.54, 1.807) is 27.7 Å². The van der Waals surface area contributed by atoms with E-state index in [0.717, 1.165) is 30.5 Å². The number of hydrogen-bond acceptors (Lipinski definition) is 0. The highest BCUT2D eigenvalue weighted by molar-refractivity contribution is 6.60. The lowest BCUT2D eigenvalue weighted by molar-refractivity contribution is -0.318. The van der Waals surface area contributed by atoms with Crippen molar-refractivity contribution in [2.45, 2.75) is 27.7 Å². The average Bonchev–Trinajstić information content (AvgIpc) is 3.62. The second-order valence-electron chi connectivity index (χ2n) is 11.9. The Kier molecular flexibility index (Phi) is 4.15. The van der Waals surface area contributed by atoms with Gasteiger partial charge in [-0.15, -0.1) is 0 Å². The molecular weight excluding hydrogens is 538 g/mol. The molecule has 0 aliphatic carbocycles. The summed E-state index contributed by atoms with van der Waals surface area (Å²) < 4.78 is 70.6. The highest BCUT2D eigenvalue weighted by Crippen LogP contribution is 2.47. The number of rotatable bonds is 0. The summed E-state index contributed by atoms with van der Waals surface area (Å²) in [6.07, 6.45) is 3.66. The Labute approximate surface area is 238 Å². The highest BCUT2D eigenvalue weighted by Gasteiger charge is 2.57. The van der Waals surface area contributed by atoms with Gasteiger partial charge in [-0.1, -0.05) is 48.5 Å². The topological polar surface area (TPSA) is 15.9 Å². The van der Waals surface area contributed by atoms with E-state index in [4.69, 9.17) is 0 Å². The van der Waals surface area contributed by atoms with E-state index in [0.29, 0.717) is 67.8 Å². The molecule has 3 aromatic carbocycles. The molecule has 0 saturated carbocycles. The maximum absolute atomic E-state index is 16.5. The number of fused-ring (bicyclic) bond motifs is 12. The van der Waals surface area contributed by atoms with Gasteiger partial charge in [-0.25, -0.2) is 0 Å². The third-order valence-electron chi connectivity index (χ3n) is 9.95. The van der Waals surface area contributed by atoms with Crippen LogP contribution in [0.25, 0.3) is 45.1 Å². The van der Waals surface area contributed by atoms with Crippen molar-refractivity contribution in [1.82, 2.24) is 8.96 Å². The third-order valence-corrected chi connectivity index (χ3v) is 9.95. The van der Waals surface area contributed by atoms with Crippen molar-refractivity contribution in [2.75, 3.05) is 0 Å². The minimum absolute atomic E-state index is 0.403. The van der Waals surface area contributed by atoms with Crippen molar-refractivity contribution < 1.29 is 26.2 Å². The molecule has 4 aliphatic heterocycles. The Morgan fingerprint density at radius 1 is 0.524 bits per heavy atom. The Morgan fingerprint density at radius 2 is 0.881 bits per heavy atom. The monoisotopic (exact) mass is 562 g/mol. The second-order valence-corrected chi connectivity index (χ2v) is 11.9. The van der Waals surface area contributed by atoms with Crippen LogP contribution in [0.2, 0.25) is 0 Å². The minimum atomic E-state index is -4.19. The lowest BCUT2D eigenvalue weighted by Gasteiger charge is -2.30. The number of benzene rings is 3. The van der Waals surface area contributed by atoms with Crippen LogP contribution in [0.1, 0.15) is 58.9 Å². The molecule has 0 fully saturated rings. The molecule has 206 valence electrons. The van der Waals surface area contributed by atoms with E-state index in [2.05, 4.69) is 0 Å². The van der Waals surface area contributed by atoms with Crippen molar-refractivity contribution in [1.29, 1.82) is 0 Å². The first kappa shape index (κ1) is 24.1. The van der Waals surface area contributed by atoms with E-state index in [9.17, 15) is 0 Å². The molecule has 9 rings (SSSR count). The number of nitrogens with zero attached hydrogens (tertiary/aromatic N) is 4. The van der Waals surface area contributed by atoms with Crippen LogP contribution in [0.4, 0.5) is 17.3 Å². The zero-order valence-corrected chi connectivity index (χ0v) is 23.4. The molecule has 0 amide bonds. The standard InChI is InChI=1S/C32H24B2F4N4/c1-17-21-9-5-7-11-23(21)29-15-31-27-14-28-26(13-25(27)19(3)41(31)33(35,36)39(17)29)20(4)42-32(28)16-30-24-12-8-6-10-22(24)18(2)40(30)34(42,37)38/h5-16H,1-4H3. The molecular formula is C32H24B2F4N4. The summed E-state index contributed by atoms with van der Waals surface area (Å²) in [5.74, 6) is 0. The van der Waals surface area contributed by atoms with Crippen LogP contribution in [0.3, 0.4) is 0 Å². The SMILES string of the molecule is CC1=[N+]2C(=Cc3c4ccccc4c(C)n3[B-]2(F)F)c2cc3c(cc21)C(C)=[N+]1C3=Cc2c3ccccc3c(C)n2[B-]1(F)F. The Morgan fingerprint density at radius 3 is 1.29 bits per heavy atom. The van der Waals surface area contributed by atoms with Crippen molar-refractivity contribution in [3.63, 3.8) is 0 Å². The maximum Gasteiger partial charge on any atom is 0.737 e. The average molecular weight is 562 g/mol. The maximum atomic E-state index is 16.5. The lowest BCUT2D eigenvalue weighted by atomic mass is 9.88. The molecule has 0 spiro atoms. The Bertz CT molecular complexity index is 2140.